The van der Waals surface area contributed by atoms with Crippen molar-refractivity contribution in [3.8, 4) is 6.07 Å². The van der Waals surface area contributed by atoms with E-state index >= 15 is 0 Å². The number of carbonyl (C=O) groups is 1. The summed E-state index contributed by atoms with van der Waals surface area (Å²) < 4.78 is 0. The standard InChI is InChI=1S/C13H16N4O/c14-8-10-3-4-12(17-9-10)13(18)16-7-5-11-2-1-6-15-11/h3-4,9,11,15H,1-2,5-7H2,(H,16,18). The molecule has 0 saturated carbocycles. The molecule has 5 heteroatoms. The molecule has 0 aromatic carbocycles. The number of nitrogens with zero attached hydrogens (tertiary/aromatic N) is 2. The molecule has 0 radical (unpaired) electrons. The molecule has 1 unspecified atom stereocenters. The molecule has 5 nitrogen and oxygen atoms in total. The second-order valence-corrected chi connectivity index (χ2v) is 4.38. The lowest BCUT2D eigenvalue weighted by atomic mass is 10.1. The zero-order valence-electron chi connectivity index (χ0n) is 10.1. The van der Waals surface area contributed by atoms with Crippen molar-refractivity contribution >= 4 is 5.91 Å². The van der Waals surface area contributed by atoms with Gasteiger partial charge in [-0.15, -0.1) is 0 Å². The maximum absolute atomic E-state index is 11.7. The van der Waals surface area contributed by atoms with Gasteiger partial charge in [0.15, 0.2) is 0 Å². The van der Waals surface area contributed by atoms with Gasteiger partial charge in [0.05, 0.1) is 5.56 Å². The Morgan fingerprint density at radius 2 is 2.50 bits per heavy atom. The van der Waals surface area contributed by atoms with E-state index in [0.29, 0.717) is 23.8 Å². The fourth-order valence-electron chi connectivity index (χ4n) is 2.05. The van der Waals surface area contributed by atoms with Crippen molar-refractivity contribution in [3.63, 3.8) is 0 Å². The molecule has 1 amide bonds. The highest BCUT2D eigenvalue weighted by atomic mass is 16.1. The molecule has 94 valence electrons. The van der Waals surface area contributed by atoms with Gasteiger partial charge in [-0.2, -0.15) is 5.26 Å². The van der Waals surface area contributed by atoms with Crippen LogP contribution in [-0.4, -0.2) is 30.0 Å². The van der Waals surface area contributed by atoms with Gasteiger partial charge in [-0.3, -0.25) is 4.79 Å². The average molecular weight is 244 g/mol. The molecule has 1 aromatic rings. The Hall–Kier alpha value is -1.93. The monoisotopic (exact) mass is 244 g/mol. The van der Waals surface area contributed by atoms with Gasteiger partial charge in [-0.05, 0) is 37.9 Å². The molecule has 2 rings (SSSR count). The summed E-state index contributed by atoms with van der Waals surface area (Å²) in [7, 11) is 0. The van der Waals surface area contributed by atoms with E-state index in [9.17, 15) is 4.79 Å². The minimum atomic E-state index is -0.183. The number of aromatic nitrogens is 1. The van der Waals surface area contributed by atoms with E-state index in [0.717, 1.165) is 13.0 Å². The molecule has 1 saturated heterocycles. The SMILES string of the molecule is N#Cc1ccc(C(=O)NCCC2CCCN2)nc1. The molecule has 2 heterocycles. The first-order valence-corrected chi connectivity index (χ1v) is 6.17. The third-order valence-electron chi connectivity index (χ3n) is 3.07. The lowest BCUT2D eigenvalue weighted by Gasteiger charge is -2.10. The molecular formula is C13H16N4O. The Balaban J connectivity index is 1.78. The van der Waals surface area contributed by atoms with Crippen LogP contribution in [0.4, 0.5) is 0 Å². The number of amides is 1. The summed E-state index contributed by atoms with van der Waals surface area (Å²) in [4.78, 5) is 15.7. The van der Waals surface area contributed by atoms with Crippen LogP contribution >= 0.6 is 0 Å². The zero-order chi connectivity index (χ0) is 12.8. The largest absolute Gasteiger partial charge is 0.351 e. The summed E-state index contributed by atoms with van der Waals surface area (Å²) in [5.41, 5.74) is 0.815. The summed E-state index contributed by atoms with van der Waals surface area (Å²) >= 11 is 0. The number of hydrogen-bond donors (Lipinski definition) is 2. The summed E-state index contributed by atoms with van der Waals surface area (Å²) in [5, 5.41) is 14.9. The third-order valence-corrected chi connectivity index (χ3v) is 3.07. The molecule has 2 N–H and O–H groups in total. The predicted octanol–water partition coefficient (Wildman–Crippen LogP) is 0.825. The Morgan fingerprint density at radius 3 is 3.11 bits per heavy atom. The number of rotatable bonds is 4. The first-order valence-electron chi connectivity index (χ1n) is 6.17. The van der Waals surface area contributed by atoms with Crippen LogP contribution in [0.1, 0.15) is 35.3 Å². The Bertz CT molecular complexity index is 443. The molecular weight excluding hydrogens is 228 g/mol. The quantitative estimate of drug-likeness (QED) is 0.822. The van der Waals surface area contributed by atoms with Crippen molar-refractivity contribution in [2.24, 2.45) is 0 Å². The molecule has 0 spiro atoms. The van der Waals surface area contributed by atoms with Crippen LogP contribution in [-0.2, 0) is 0 Å². The molecule has 1 atom stereocenters. The average Bonchev–Trinajstić information content (AvgIpc) is 2.92. The van der Waals surface area contributed by atoms with Gasteiger partial charge in [-0.25, -0.2) is 4.98 Å². The van der Waals surface area contributed by atoms with Crippen LogP contribution in [0, 0.1) is 11.3 Å². The van der Waals surface area contributed by atoms with Crippen LogP contribution in [0.15, 0.2) is 18.3 Å². The van der Waals surface area contributed by atoms with Crippen LogP contribution < -0.4 is 10.6 Å². The first-order chi connectivity index (χ1) is 8.79. The summed E-state index contributed by atoms with van der Waals surface area (Å²) in [5.74, 6) is -0.183. The highest BCUT2D eigenvalue weighted by Gasteiger charge is 2.14. The normalized spacial score (nSPS) is 18.3. The van der Waals surface area contributed by atoms with Crippen molar-refractivity contribution < 1.29 is 4.79 Å². The third kappa shape index (κ3) is 3.28. The lowest BCUT2D eigenvalue weighted by molar-refractivity contribution is 0.0947. The maximum Gasteiger partial charge on any atom is 0.269 e. The summed E-state index contributed by atoms with van der Waals surface area (Å²) in [6.45, 7) is 1.73. The van der Waals surface area contributed by atoms with Gasteiger partial charge in [-0.1, -0.05) is 0 Å². The number of nitriles is 1. The predicted molar refractivity (Wildman–Crippen MR) is 66.9 cm³/mol. The zero-order valence-corrected chi connectivity index (χ0v) is 10.1. The minimum Gasteiger partial charge on any atom is -0.351 e. The Morgan fingerprint density at radius 1 is 1.61 bits per heavy atom. The fourth-order valence-corrected chi connectivity index (χ4v) is 2.05. The maximum atomic E-state index is 11.7. The van der Waals surface area contributed by atoms with Gasteiger partial charge >= 0.3 is 0 Å². The first kappa shape index (κ1) is 12.5. The van der Waals surface area contributed by atoms with Gasteiger partial charge in [0.25, 0.3) is 5.91 Å². The molecule has 0 bridgehead atoms. The van der Waals surface area contributed by atoms with Crippen molar-refractivity contribution in [2.75, 3.05) is 13.1 Å². The Kier molecular flexibility index (Phi) is 4.26. The van der Waals surface area contributed by atoms with E-state index < -0.39 is 0 Å². The number of nitrogens with one attached hydrogen (secondary N) is 2. The van der Waals surface area contributed by atoms with Crippen LogP contribution in [0.25, 0.3) is 0 Å². The lowest BCUT2D eigenvalue weighted by Crippen LogP contribution is -2.30. The second kappa shape index (κ2) is 6.12. The molecule has 1 aliphatic rings. The van der Waals surface area contributed by atoms with Gasteiger partial charge in [0.2, 0.25) is 0 Å². The second-order valence-electron chi connectivity index (χ2n) is 4.38. The van der Waals surface area contributed by atoms with E-state index in [4.69, 9.17) is 5.26 Å². The number of pyridine rings is 1. The van der Waals surface area contributed by atoms with E-state index in [2.05, 4.69) is 15.6 Å². The van der Waals surface area contributed by atoms with Gasteiger partial charge in [0.1, 0.15) is 11.8 Å². The topological polar surface area (TPSA) is 77.8 Å². The summed E-state index contributed by atoms with van der Waals surface area (Å²) in [6.07, 6.45) is 4.76. The van der Waals surface area contributed by atoms with Crippen LogP contribution in [0.3, 0.4) is 0 Å². The van der Waals surface area contributed by atoms with Gasteiger partial charge < -0.3 is 10.6 Å². The minimum absolute atomic E-state index is 0.183. The summed E-state index contributed by atoms with van der Waals surface area (Å²) in [6, 6.07) is 5.67. The molecule has 0 aliphatic carbocycles. The van der Waals surface area contributed by atoms with Crippen molar-refractivity contribution in [1.29, 1.82) is 5.26 Å². The van der Waals surface area contributed by atoms with Crippen molar-refractivity contribution in [1.82, 2.24) is 15.6 Å². The van der Waals surface area contributed by atoms with E-state index in [1.807, 2.05) is 6.07 Å². The smallest absolute Gasteiger partial charge is 0.269 e. The number of hydrogen-bond acceptors (Lipinski definition) is 4. The fraction of sp³-hybridized carbons (Fsp3) is 0.462. The molecule has 1 fully saturated rings. The van der Waals surface area contributed by atoms with E-state index in [1.165, 1.54) is 19.0 Å². The van der Waals surface area contributed by atoms with E-state index in [1.54, 1.807) is 12.1 Å². The van der Waals surface area contributed by atoms with Crippen LogP contribution in [0.5, 0.6) is 0 Å². The van der Waals surface area contributed by atoms with Crippen molar-refractivity contribution in [2.45, 2.75) is 25.3 Å². The van der Waals surface area contributed by atoms with E-state index in [-0.39, 0.29) is 5.91 Å². The Labute approximate surface area is 106 Å². The molecule has 1 aliphatic heterocycles. The highest BCUT2D eigenvalue weighted by molar-refractivity contribution is 5.92. The van der Waals surface area contributed by atoms with Crippen LogP contribution in [0.2, 0.25) is 0 Å². The molecule has 1 aromatic heterocycles. The highest BCUT2D eigenvalue weighted by Crippen LogP contribution is 2.07. The number of carbonyl (C=O) groups excluding carboxylic acids is 1. The van der Waals surface area contributed by atoms with Crippen molar-refractivity contribution in [3.05, 3.63) is 29.6 Å². The van der Waals surface area contributed by atoms with Gasteiger partial charge in [0, 0.05) is 18.8 Å². The molecule has 18 heavy (non-hydrogen) atoms.